The lowest BCUT2D eigenvalue weighted by Gasteiger charge is -2.37. The number of amides is 2. The fourth-order valence-electron chi connectivity index (χ4n) is 3.68. The molecule has 2 saturated heterocycles. The van der Waals surface area contributed by atoms with Gasteiger partial charge in [-0.25, -0.2) is 0 Å². The number of rotatable bonds is 3. The number of carbonyl (C=O) groups excluding carboxylic acids is 2. The summed E-state index contributed by atoms with van der Waals surface area (Å²) < 4.78 is 5.40. The summed E-state index contributed by atoms with van der Waals surface area (Å²) in [5.74, 6) is 0.952. The molecule has 0 aromatic carbocycles. The van der Waals surface area contributed by atoms with Crippen molar-refractivity contribution in [2.75, 3.05) is 19.8 Å². The summed E-state index contributed by atoms with van der Waals surface area (Å²) in [5, 5.41) is 3.01. The Bertz CT molecular complexity index is 429. The molecule has 0 bridgehead atoms. The van der Waals surface area contributed by atoms with Crippen LogP contribution in [-0.4, -0.2) is 48.1 Å². The molecule has 3 aliphatic rings. The average Bonchev–Trinajstić information content (AvgIpc) is 3.29. The standard InChI is InChI=1S/C16H26N2O3/c1-11-9-14(19)17-16(2,13-3-4-13)15(20)18(11)10-12-5-7-21-8-6-12/h11-13H,3-10H2,1-2H3,(H,17,19). The number of hydrogen-bond donors (Lipinski definition) is 1. The second kappa shape index (κ2) is 5.59. The van der Waals surface area contributed by atoms with E-state index >= 15 is 0 Å². The summed E-state index contributed by atoms with van der Waals surface area (Å²) in [5.41, 5.74) is -0.687. The van der Waals surface area contributed by atoms with E-state index in [-0.39, 0.29) is 17.9 Å². The van der Waals surface area contributed by atoms with E-state index in [1.165, 1.54) is 0 Å². The third-order valence-corrected chi connectivity index (χ3v) is 5.31. The summed E-state index contributed by atoms with van der Waals surface area (Å²) in [6.45, 7) is 6.26. The zero-order valence-corrected chi connectivity index (χ0v) is 13.1. The Morgan fingerprint density at radius 2 is 1.90 bits per heavy atom. The van der Waals surface area contributed by atoms with Gasteiger partial charge in [0, 0.05) is 32.2 Å². The molecule has 1 saturated carbocycles. The van der Waals surface area contributed by atoms with Crippen LogP contribution in [0, 0.1) is 11.8 Å². The Morgan fingerprint density at radius 1 is 1.24 bits per heavy atom. The van der Waals surface area contributed by atoms with Crippen molar-refractivity contribution in [2.24, 2.45) is 11.8 Å². The van der Waals surface area contributed by atoms with Crippen LogP contribution < -0.4 is 5.32 Å². The molecule has 0 radical (unpaired) electrons. The smallest absolute Gasteiger partial charge is 0.248 e. The molecule has 21 heavy (non-hydrogen) atoms. The second-order valence-electron chi connectivity index (χ2n) is 7.09. The maximum atomic E-state index is 13.1. The van der Waals surface area contributed by atoms with Crippen molar-refractivity contribution >= 4 is 11.8 Å². The summed E-state index contributed by atoms with van der Waals surface area (Å²) in [4.78, 5) is 27.1. The molecule has 0 spiro atoms. The fourth-order valence-corrected chi connectivity index (χ4v) is 3.68. The minimum Gasteiger partial charge on any atom is -0.381 e. The predicted octanol–water partition coefficient (Wildman–Crippen LogP) is 1.32. The van der Waals surface area contributed by atoms with Gasteiger partial charge in [-0.15, -0.1) is 0 Å². The number of ether oxygens (including phenoxy) is 1. The third kappa shape index (κ3) is 2.93. The van der Waals surface area contributed by atoms with E-state index in [1.807, 2.05) is 18.7 Å². The van der Waals surface area contributed by atoms with E-state index in [0.29, 0.717) is 18.3 Å². The van der Waals surface area contributed by atoms with Crippen molar-refractivity contribution < 1.29 is 14.3 Å². The lowest BCUT2D eigenvalue weighted by Crippen LogP contribution is -2.58. The molecule has 118 valence electrons. The van der Waals surface area contributed by atoms with Gasteiger partial charge in [-0.2, -0.15) is 0 Å². The van der Waals surface area contributed by atoms with Crippen LogP contribution in [0.4, 0.5) is 0 Å². The van der Waals surface area contributed by atoms with Crippen molar-refractivity contribution in [3.8, 4) is 0 Å². The molecule has 5 nitrogen and oxygen atoms in total. The first kappa shape index (κ1) is 14.8. The van der Waals surface area contributed by atoms with Gasteiger partial charge >= 0.3 is 0 Å². The third-order valence-electron chi connectivity index (χ3n) is 5.31. The van der Waals surface area contributed by atoms with Gasteiger partial charge in [-0.05, 0) is 51.4 Å². The minimum atomic E-state index is -0.687. The topological polar surface area (TPSA) is 58.6 Å². The molecule has 1 aliphatic carbocycles. The Labute approximate surface area is 126 Å². The van der Waals surface area contributed by atoms with Crippen LogP contribution >= 0.6 is 0 Å². The quantitative estimate of drug-likeness (QED) is 0.854. The molecule has 0 aromatic rings. The van der Waals surface area contributed by atoms with Crippen molar-refractivity contribution in [1.29, 1.82) is 0 Å². The highest BCUT2D eigenvalue weighted by Gasteiger charge is 2.52. The van der Waals surface area contributed by atoms with Gasteiger partial charge in [-0.1, -0.05) is 0 Å². The molecule has 1 N–H and O–H groups in total. The molecule has 2 amide bonds. The summed E-state index contributed by atoms with van der Waals surface area (Å²) in [6, 6.07) is -0.0130. The molecule has 2 unspecified atom stereocenters. The van der Waals surface area contributed by atoms with Crippen molar-refractivity contribution in [3.63, 3.8) is 0 Å². The Hall–Kier alpha value is -1.10. The molecule has 5 heteroatoms. The number of nitrogens with zero attached hydrogens (tertiary/aromatic N) is 1. The van der Waals surface area contributed by atoms with E-state index in [1.54, 1.807) is 0 Å². The van der Waals surface area contributed by atoms with Crippen LogP contribution in [0.1, 0.15) is 46.0 Å². The zero-order valence-electron chi connectivity index (χ0n) is 13.1. The molecular weight excluding hydrogens is 268 g/mol. The highest BCUT2D eigenvalue weighted by Crippen LogP contribution is 2.42. The Morgan fingerprint density at radius 3 is 2.52 bits per heavy atom. The maximum Gasteiger partial charge on any atom is 0.248 e. The van der Waals surface area contributed by atoms with Crippen molar-refractivity contribution in [1.82, 2.24) is 10.2 Å². The largest absolute Gasteiger partial charge is 0.381 e. The van der Waals surface area contributed by atoms with E-state index in [4.69, 9.17) is 4.74 Å². The second-order valence-corrected chi connectivity index (χ2v) is 7.09. The molecule has 3 rings (SSSR count). The molecule has 2 aliphatic heterocycles. The van der Waals surface area contributed by atoms with E-state index in [2.05, 4.69) is 5.32 Å². The molecule has 3 fully saturated rings. The van der Waals surface area contributed by atoms with Crippen LogP contribution in [-0.2, 0) is 14.3 Å². The summed E-state index contributed by atoms with van der Waals surface area (Å²) in [6.07, 6.45) is 4.53. The maximum absolute atomic E-state index is 13.1. The molecule has 2 heterocycles. The van der Waals surface area contributed by atoms with Gasteiger partial charge in [0.25, 0.3) is 0 Å². The first-order valence-electron chi connectivity index (χ1n) is 8.20. The van der Waals surface area contributed by atoms with Crippen LogP contribution in [0.2, 0.25) is 0 Å². The fraction of sp³-hybridized carbons (Fsp3) is 0.875. The van der Waals surface area contributed by atoms with Crippen LogP contribution in [0.5, 0.6) is 0 Å². The lowest BCUT2D eigenvalue weighted by atomic mass is 9.92. The highest BCUT2D eigenvalue weighted by atomic mass is 16.5. The zero-order chi connectivity index (χ0) is 15.0. The van der Waals surface area contributed by atoms with Gasteiger partial charge in [0.1, 0.15) is 5.54 Å². The molecular formula is C16H26N2O3. The minimum absolute atomic E-state index is 0.0130. The predicted molar refractivity (Wildman–Crippen MR) is 78.6 cm³/mol. The van der Waals surface area contributed by atoms with Gasteiger partial charge < -0.3 is 15.0 Å². The normalized spacial score (nSPS) is 35.5. The SMILES string of the molecule is CC1CC(=O)NC(C)(C2CC2)C(=O)N1CC1CCOCC1. The lowest BCUT2D eigenvalue weighted by molar-refractivity contribution is -0.141. The van der Waals surface area contributed by atoms with Gasteiger partial charge in [0.15, 0.2) is 0 Å². The summed E-state index contributed by atoms with van der Waals surface area (Å²) >= 11 is 0. The monoisotopic (exact) mass is 294 g/mol. The van der Waals surface area contributed by atoms with Gasteiger partial charge in [0.2, 0.25) is 11.8 Å². The average molecular weight is 294 g/mol. The Kier molecular flexibility index (Phi) is 3.95. The van der Waals surface area contributed by atoms with Gasteiger partial charge in [-0.3, -0.25) is 9.59 Å². The molecule has 0 aromatic heterocycles. The number of hydrogen-bond acceptors (Lipinski definition) is 3. The van der Waals surface area contributed by atoms with Gasteiger partial charge in [0.05, 0.1) is 0 Å². The van der Waals surface area contributed by atoms with E-state index < -0.39 is 5.54 Å². The summed E-state index contributed by atoms with van der Waals surface area (Å²) in [7, 11) is 0. The first-order valence-corrected chi connectivity index (χ1v) is 8.20. The number of nitrogens with one attached hydrogen (secondary N) is 1. The van der Waals surface area contributed by atoms with Crippen LogP contribution in [0.3, 0.4) is 0 Å². The van der Waals surface area contributed by atoms with E-state index in [9.17, 15) is 9.59 Å². The Balaban J connectivity index is 1.78. The van der Waals surface area contributed by atoms with Crippen molar-refractivity contribution in [3.05, 3.63) is 0 Å². The first-order chi connectivity index (χ1) is 10.0. The molecule has 2 atom stereocenters. The van der Waals surface area contributed by atoms with Crippen LogP contribution in [0.15, 0.2) is 0 Å². The van der Waals surface area contributed by atoms with Crippen LogP contribution in [0.25, 0.3) is 0 Å². The van der Waals surface area contributed by atoms with Crippen molar-refractivity contribution in [2.45, 2.75) is 57.5 Å². The number of carbonyl (C=O) groups is 2. The van der Waals surface area contributed by atoms with E-state index in [0.717, 1.165) is 45.4 Å². The highest BCUT2D eigenvalue weighted by molar-refractivity contribution is 5.94.